The summed E-state index contributed by atoms with van der Waals surface area (Å²) in [5, 5.41) is 4.24. The highest BCUT2D eigenvalue weighted by molar-refractivity contribution is 5.60. The summed E-state index contributed by atoms with van der Waals surface area (Å²) in [6.45, 7) is 2.83. The number of hydrogen-bond acceptors (Lipinski definition) is 2. The summed E-state index contributed by atoms with van der Waals surface area (Å²) in [7, 11) is 0. The summed E-state index contributed by atoms with van der Waals surface area (Å²) in [4.78, 5) is 4.30. The fourth-order valence-corrected chi connectivity index (χ4v) is 2.50. The molecule has 1 aliphatic rings. The quantitative estimate of drug-likeness (QED) is 0.800. The van der Waals surface area contributed by atoms with Gasteiger partial charge >= 0.3 is 6.18 Å². The van der Waals surface area contributed by atoms with Gasteiger partial charge in [-0.15, -0.1) is 0 Å². The average Bonchev–Trinajstić information content (AvgIpc) is 2.80. The van der Waals surface area contributed by atoms with Gasteiger partial charge in [-0.05, 0) is 18.4 Å². The van der Waals surface area contributed by atoms with Crippen LogP contribution in [-0.4, -0.2) is 14.8 Å². The van der Waals surface area contributed by atoms with Crippen LogP contribution in [0.15, 0.2) is 24.3 Å². The second kappa shape index (κ2) is 4.61. The Kier molecular flexibility index (Phi) is 3.03. The van der Waals surface area contributed by atoms with E-state index in [0.29, 0.717) is 5.92 Å². The van der Waals surface area contributed by atoms with Gasteiger partial charge in [0.2, 0.25) is 0 Å². The molecule has 1 unspecified atom stereocenters. The van der Waals surface area contributed by atoms with Crippen LogP contribution in [0, 0.1) is 5.92 Å². The first kappa shape index (κ1) is 13.1. The topological polar surface area (TPSA) is 30.7 Å². The van der Waals surface area contributed by atoms with E-state index in [0.717, 1.165) is 31.3 Å². The highest BCUT2D eigenvalue weighted by Gasteiger charge is 2.34. The van der Waals surface area contributed by atoms with Crippen molar-refractivity contribution in [3.05, 3.63) is 35.7 Å². The summed E-state index contributed by atoms with van der Waals surface area (Å²) >= 11 is 0. The van der Waals surface area contributed by atoms with Gasteiger partial charge in [0.05, 0.1) is 5.56 Å². The van der Waals surface area contributed by atoms with Crippen LogP contribution in [0.1, 0.15) is 24.7 Å². The van der Waals surface area contributed by atoms with Crippen molar-refractivity contribution in [3.8, 4) is 11.4 Å². The minimum atomic E-state index is -4.39. The summed E-state index contributed by atoms with van der Waals surface area (Å²) in [5.74, 6) is 1.44. The number of alkyl halides is 3. The van der Waals surface area contributed by atoms with E-state index in [-0.39, 0.29) is 11.4 Å². The molecule has 3 nitrogen and oxygen atoms in total. The van der Waals surface area contributed by atoms with Gasteiger partial charge in [-0.3, -0.25) is 0 Å². The van der Waals surface area contributed by atoms with Gasteiger partial charge in [-0.25, -0.2) is 9.67 Å². The number of rotatable bonds is 1. The van der Waals surface area contributed by atoms with E-state index in [4.69, 9.17) is 0 Å². The van der Waals surface area contributed by atoms with Gasteiger partial charge in [0.15, 0.2) is 5.82 Å². The molecule has 0 fully saturated rings. The van der Waals surface area contributed by atoms with Crippen molar-refractivity contribution < 1.29 is 13.2 Å². The first-order valence-corrected chi connectivity index (χ1v) is 6.55. The zero-order valence-corrected chi connectivity index (χ0v) is 11.0. The Morgan fingerprint density at radius 1 is 1.25 bits per heavy atom. The molecule has 0 aliphatic carbocycles. The maximum Gasteiger partial charge on any atom is 0.417 e. The number of aromatic nitrogens is 3. The molecule has 0 saturated heterocycles. The molecule has 20 heavy (non-hydrogen) atoms. The van der Waals surface area contributed by atoms with Crippen LogP contribution in [-0.2, 0) is 19.1 Å². The monoisotopic (exact) mass is 281 g/mol. The van der Waals surface area contributed by atoms with Gasteiger partial charge < -0.3 is 0 Å². The van der Waals surface area contributed by atoms with Crippen LogP contribution in [0.25, 0.3) is 11.4 Å². The number of hydrogen-bond donors (Lipinski definition) is 0. The van der Waals surface area contributed by atoms with Crippen molar-refractivity contribution in [2.45, 2.75) is 32.5 Å². The number of halogens is 3. The van der Waals surface area contributed by atoms with Crippen LogP contribution in [0.4, 0.5) is 13.2 Å². The zero-order chi connectivity index (χ0) is 14.3. The number of nitrogens with zero attached hydrogens (tertiary/aromatic N) is 3. The highest BCUT2D eigenvalue weighted by Crippen LogP contribution is 2.36. The summed E-state index contributed by atoms with van der Waals surface area (Å²) in [5.41, 5.74) is -0.634. The van der Waals surface area contributed by atoms with Crippen LogP contribution < -0.4 is 0 Å². The van der Waals surface area contributed by atoms with Crippen LogP contribution in [0.5, 0.6) is 0 Å². The predicted octanol–water partition coefficient (Wildman–Crippen LogP) is 3.55. The van der Waals surface area contributed by atoms with Crippen molar-refractivity contribution in [3.63, 3.8) is 0 Å². The Morgan fingerprint density at radius 3 is 2.75 bits per heavy atom. The minimum absolute atomic E-state index is 0.0505. The third-order valence-electron chi connectivity index (χ3n) is 3.59. The second-order valence-electron chi connectivity index (χ2n) is 5.22. The van der Waals surface area contributed by atoms with Crippen molar-refractivity contribution in [2.24, 2.45) is 5.92 Å². The van der Waals surface area contributed by atoms with Crippen LogP contribution >= 0.6 is 0 Å². The zero-order valence-electron chi connectivity index (χ0n) is 11.0. The Bertz CT molecular complexity index is 631. The molecule has 1 aliphatic heterocycles. The second-order valence-corrected chi connectivity index (χ2v) is 5.22. The smallest absolute Gasteiger partial charge is 0.249 e. The molecule has 1 aromatic carbocycles. The molecule has 1 aromatic heterocycles. The van der Waals surface area contributed by atoms with Gasteiger partial charge in [-0.1, -0.05) is 25.1 Å². The van der Waals surface area contributed by atoms with Crippen LogP contribution in [0.2, 0.25) is 0 Å². The lowest BCUT2D eigenvalue weighted by Gasteiger charge is -2.17. The molecule has 0 N–H and O–H groups in total. The fraction of sp³-hybridized carbons (Fsp3) is 0.429. The lowest BCUT2D eigenvalue weighted by molar-refractivity contribution is -0.137. The third-order valence-corrected chi connectivity index (χ3v) is 3.59. The number of fused-ring (bicyclic) bond motifs is 1. The van der Waals surface area contributed by atoms with Crippen LogP contribution in [0.3, 0.4) is 0 Å². The molecule has 2 aromatic rings. The summed E-state index contributed by atoms with van der Waals surface area (Å²) < 4.78 is 40.8. The molecule has 3 rings (SSSR count). The molecule has 0 saturated carbocycles. The first-order valence-electron chi connectivity index (χ1n) is 6.55. The molecular weight excluding hydrogens is 267 g/mol. The van der Waals surface area contributed by atoms with E-state index in [2.05, 4.69) is 17.0 Å². The number of benzene rings is 1. The van der Waals surface area contributed by atoms with E-state index in [9.17, 15) is 13.2 Å². The first-order chi connectivity index (χ1) is 9.45. The van der Waals surface area contributed by atoms with Gasteiger partial charge in [0.1, 0.15) is 5.82 Å². The summed E-state index contributed by atoms with van der Waals surface area (Å²) in [6, 6.07) is 5.45. The van der Waals surface area contributed by atoms with Crippen molar-refractivity contribution in [1.29, 1.82) is 0 Å². The van der Waals surface area contributed by atoms with Crippen molar-refractivity contribution in [1.82, 2.24) is 14.8 Å². The van der Waals surface area contributed by atoms with Gasteiger partial charge in [0, 0.05) is 18.5 Å². The molecular formula is C14H14F3N3. The Balaban J connectivity index is 2.07. The minimum Gasteiger partial charge on any atom is -0.249 e. The van der Waals surface area contributed by atoms with E-state index < -0.39 is 11.7 Å². The van der Waals surface area contributed by atoms with E-state index in [1.165, 1.54) is 12.1 Å². The average molecular weight is 281 g/mol. The van der Waals surface area contributed by atoms with Gasteiger partial charge in [-0.2, -0.15) is 18.3 Å². The SMILES string of the molecule is CC1CCn2nc(-c3ccccc3C(F)(F)F)nc2C1. The fourth-order valence-electron chi connectivity index (χ4n) is 2.50. The Hall–Kier alpha value is -1.85. The molecule has 106 valence electrons. The van der Waals surface area contributed by atoms with Crippen molar-refractivity contribution in [2.75, 3.05) is 0 Å². The van der Waals surface area contributed by atoms with E-state index in [1.807, 2.05) is 0 Å². The predicted molar refractivity (Wildman–Crippen MR) is 67.9 cm³/mol. The molecule has 2 heterocycles. The third kappa shape index (κ3) is 2.30. The molecule has 1 atom stereocenters. The molecule has 0 amide bonds. The van der Waals surface area contributed by atoms with E-state index in [1.54, 1.807) is 10.7 Å². The largest absolute Gasteiger partial charge is 0.417 e. The molecule has 0 bridgehead atoms. The molecule has 0 spiro atoms. The Labute approximate surface area is 114 Å². The molecule has 0 radical (unpaired) electrons. The molecule has 6 heteroatoms. The maximum atomic E-state index is 13.0. The highest BCUT2D eigenvalue weighted by atomic mass is 19.4. The normalized spacial score (nSPS) is 18.9. The lowest BCUT2D eigenvalue weighted by atomic mass is 10.0. The number of aryl methyl sites for hydroxylation is 1. The lowest BCUT2D eigenvalue weighted by Crippen LogP contribution is -2.18. The van der Waals surface area contributed by atoms with E-state index >= 15 is 0 Å². The van der Waals surface area contributed by atoms with Gasteiger partial charge in [0.25, 0.3) is 0 Å². The standard InChI is InChI=1S/C14H14F3N3/c1-9-6-7-20-12(8-9)18-13(19-20)10-4-2-3-5-11(10)14(15,16)17/h2-5,9H,6-8H2,1H3. The Morgan fingerprint density at radius 2 is 2.00 bits per heavy atom. The summed E-state index contributed by atoms with van der Waals surface area (Å²) in [6.07, 6.45) is -2.65. The maximum absolute atomic E-state index is 13.0. The van der Waals surface area contributed by atoms with Crippen molar-refractivity contribution >= 4 is 0 Å².